The Bertz CT molecular complexity index is 229. The molecule has 3 heteroatoms. The second kappa shape index (κ2) is 3.72. The number of aryl methyl sites for hydroxylation is 2. The molecule has 0 spiro atoms. The molecule has 68 valence electrons. The third kappa shape index (κ3) is 1.50. The van der Waals surface area contributed by atoms with Crippen LogP contribution in [0.4, 0.5) is 0 Å². The van der Waals surface area contributed by atoms with Crippen LogP contribution in [-0.2, 0) is 0 Å². The van der Waals surface area contributed by atoms with Gasteiger partial charge in [0.2, 0.25) is 0 Å². The molecule has 2 N–H and O–H groups in total. The Morgan fingerprint density at radius 3 is 2.50 bits per heavy atom. The van der Waals surface area contributed by atoms with Crippen molar-refractivity contribution in [3.63, 3.8) is 0 Å². The van der Waals surface area contributed by atoms with Crippen LogP contribution < -0.4 is 5.32 Å². The molecule has 3 nitrogen and oxygen atoms in total. The Morgan fingerprint density at radius 2 is 2.17 bits per heavy atom. The number of aromatic nitrogens is 2. The molecule has 0 fully saturated rings. The summed E-state index contributed by atoms with van der Waals surface area (Å²) in [5.74, 6) is 0. The van der Waals surface area contributed by atoms with Crippen LogP contribution in [0.5, 0.6) is 0 Å². The minimum atomic E-state index is 0.434. The van der Waals surface area contributed by atoms with E-state index in [9.17, 15) is 0 Å². The summed E-state index contributed by atoms with van der Waals surface area (Å²) in [5.41, 5.74) is 3.60. The Morgan fingerprint density at radius 1 is 1.50 bits per heavy atom. The third-order valence-electron chi connectivity index (χ3n) is 2.29. The monoisotopic (exact) mass is 167 g/mol. The van der Waals surface area contributed by atoms with Crippen molar-refractivity contribution in [3.8, 4) is 0 Å². The number of nitrogens with one attached hydrogen (secondary N) is 2. The average molecular weight is 167 g/mol. The van der Waals surface area contributed by atoms with Crippen molar-refractivity contribution < 1.29 is 0 Å². The maximum absolute atomic E-state index is 4.17. The molecule has 1 aromatic rings. The van der Waals surface area contributed by atoms with Crippen molar-refractivity contribution in [2.45, 2.75) is 33.2 Å². The van der Waals surface area contributed by atoms with E-state index >= 15 is 0 Å². The Hall–Kier alpha value is -0.830. The molecular weight excluding hydrogens is 150 g/mol. The van der Waals surface area contributed by atoms with Crippen molar-refractivity contribution in [1.29, 1.82) is 0 Å². The van der Waals surface area contributed by atoms with E-state index in [1.54, 1.807) is 0 Å². The molecular formula is C9H17N3. The second-order valence-electron chi connectivity index (χ2n) is 3.10. The standard InChI is InChI=1S/C9H17N3/c1-5-8(10-4)9-6(2)11-12-7(9)3/h8,10H,5H2,1-4H3,(H,11,12). The van der Waals surface area contributed by atoms with Gasteiger partial charge in [-0.15, -0.1) is 0 Å². The van der Waals surface area contributed by atoms with Gasteiger partial charge in [0.05, 0.1) is 5.69 Å². The van der Waals surface area contributed by atoms with Crippen molar-refractivity contribution >= 4 is 0 Å². The largest absolute Gasteiger partial charge is 0.313 e. The fourth-order valence-corrected chi connectivity index (χ4v) is 1.63. The molecule has 1 rings (SSSR count). The lowest BCUT2D eigenvalue weighted by atomic mass is 10.0. The number of hydrogen-bond acceptors (Lipinski definition) is 2. The molecule has 1 heterocycles. The molecule has 0 saturated carbocycles. The average Bonchev–Trinajstić information content (AvgIpc) is 2.38. The van der Waals surface area contributed by atoms with Crippen LogP contribution in [0.1, 0.15) is 36.3 Å². The van der Waals surface area contributed by atoms with E-state index in [0.717, 1.165) is 12.1 Å². The summed E-state index contributed by atoms with van der Waals surface area (Å²) in [5, 5.41) is 10.4. The van der Waals surface area contributed by atoms with Crippen LogP contribution in [0.15, 0.2) is 0 Å². The smallest absolute Gasteiger partial charge is 0.0641 e. The van der Waals surface area contributed by atoms with E-state index < -0.39 is 0 Å². The Balaban J connectivity index is 2.98. The van der Waals surface area contributed by atoms with Crippen LogP contribution in [0, 0.1) is 13.8 Å². The molecule has 0 bridgehead atoms. The topological polar surface area (TPSA) is 40.7 Å². The molecule has 0 amide bonds. The number of nitrogens with zero attached hydrogens (tertiary/aromatic N) is 1. The summed E-state index contributed by atoms with van der Waals surface area (Å²) < 4.78 is 0. The molecule has 0 aliphatic rings. The Kier molecular flexibility index (Phi) is 2.87. The third-order valence-corrected chi connectivity index (χ3v) is 2.29. The first-order chi connectivity index (χ1) is 5.70. The zero-order chi connectivity index (χ0) is 9.14. The highest BCUT2D eigenvalue weighted by Gasteiger charge is 2.14. The first kappa shape index (κ1) is 9.26. The SMILES string of the molecule is CCC(NC)c1c(C)n[nH]c1C. The number of aromatic amines is 1. The zero-order valence-electron chi connectivity index (χ0n) is 8.23. The number of rotatable bonds is 3. The maximum Gasteiger partial charge on any atom is 0.0641 e. The van der Waals surface area contributed by atoms with Crippen LogP contribution in [0.3, 0.4) is 0 Å². The summed E-state index contributed by atoms with van der Waals surface area (Å²) >= 11 is 0. The van der Waals surface area contributed by atoms with Gasteiger partial charge in [-0.05, 0) is 27.3 Å². The lowest BCUT2D eigenvalue weighted by Crippen LogP contribution is -2.16. The minimum Gasteiger partial charge on any atom is -0.313 e. The predicted octanol–water partition coefficient (Wildman–Crippen LogP) is 1.70. The van der Waals surface area contributed by atoms with Gasteiger partial charge in [-0.3, -0.25) is 5.10 Å². The lowest BCUT2D eigenvalue weighted by molar-refractivity contribution is 0.571. The van der Waals surface area contributed by atoms with Gasteiger partial charge in [-0.25, -0.2) is 0 Å². The van der Waals surface area contributed by atoms with E-state index in [4.69, 9.17) is 0 Å². The quantitative estimate of drug-likeness (QED) is 0.719. The summed E-state index contributed by atoms with van der Waals surface area (Å²) in [6.07, 6.45) is 1.09. The van der Waals surface area contributed by atoms with Crippen molar-refractivity contribution in [1.82, 2.24) is 15.5 Å². The van der Waals surface area contributed by atoms with Crippen LogP contribution in [0.25, 0.3) is 0 Å². The number of hydrogen-bond donors (Lipinski definition) is 2. The van der Waals surface area contributed by atoms with Crippen LogP contribution in [-0.4, -0.2) is 17.2 Å². The van der Waals surface area contributed by atoms with E-state index in [2.05, 4.69) is 29.4 Å². The normalized spacial score (nSPS) is 13.3. The fourth-order valence-electron chi connectivity index (χ4n) is 1.63. The van der Waals surface area contributed by atoms with Gasteiger partial charge >= 0.3 is 0 Å². The molecule has 1 atom stereocenters. The molecule has 12 heavy (non-hydrogen) atoms. The van der Waals surface area contributed by atoms with E-state index in [1.165, 1.54) is 11.3 Å². The van der Waals surface area contributed by atoms with Gasteiger partial charge in [0.1, 0.15) is 0 Å². The van der Waals surface area contributed by atoms with Gasteiger partial charge in [-0.1, -0.05) is 6.92 Å². The second-order valence-corrected chi connectivity index (χ2v) is 3.10. The highest BCUT2D eigenvalue weighted by Crippen LogP contribution is 2.21. The number of H-pyrrole nitrogens is 1. The molecule has 0 saturated heterocycles. The first-order valence-corrected chi connectivity index (χ1v) is 4.39. The van der Waals surface area contributed by atoms with Gasteiger partial charge in [-0.2, -0.15) is 5.10 Å². The van der Waals surface area contributed by atoms with E-state index in [-0.39, 0.29) is 0 Å². The molecule has 0 aliphatic carbocycles. The molecule has 0 aliphatic heterocycles. The maximum atomic E-state index is 4.17. The van der Waals surface area contributed by atoms with Crippen LogP contribution in [0.2, 0.25) is 0 Å². The highest BCUT2D eigenvalue weighted by atomic mass is 15.1. The first-order valence-electron chi connectivity index (χ1n) is 4.39. The van der Waals surface area contributed by atoms with E-state index in [1.807, 2.05) is 14.0 Å². The summed E-state index contributed by atoms with van der Waals surface area (Å²) in [6.45, 7) is 6.28. The van der Waals surface area contributed by atoms with Gasteiger partial charge in [0.25, 0.3) is 0 Å². The zero-order valence-corrected chi connectivity index (χ0v) is 8.23. The van der Waals surface area contributed by atoms with E-state index in [0.29, 0.717) is 6.04 Å². The van der Waals surface area contributed by atoms with Gasteiger partial charge in [0.15, 0.2) is 0 Å². The van der Waals surface area contributed by atoms with Crippen LogP contribution >= 0.6 is 0 Å². The molecule has 0 aromatic carbocycles. The molecule has 0 radical (unpaired) electrons. The molecule has 1 unspecified atom stereocenters. The minimum absolute atomic E-state index is 0.434. The summed E-state index contributed by atoms with van der Waals surface area (Å²) in [6, 6.07) is 0.434. The van der Waals surface area contributed by atoms with Gasteiger partial charge in [0, 0.05) is 17.3 Å². The van der Waals surface area contributed by atoms with Crippen molar-refractivity contribution in [2.75, 3.05) is 7.05 Å². The fraction of sp³-hybridized carbons (Fsp3) is 0.667. The lowest BCUT2D eigenvalue weighted by Gasteiger charge is -2.13. The Labute approximate surface area is 73.6 Å². The van der Waals surface area contributed by atoms with Gasteiger partial charge < -0.3 is 5.32 Å². The summed E-state index contributed by atoms with van der Waals surface area (Å²) in [4.78, 5) is 0. The van der Waals surface area contributed by atoms with Crippen molar-refractivity contribution in [2.24, 2.45) is 0 Å². The summed E-state index contributed by atoms with van der Waals surface area (Å²) in [7, 11) is 1.99. The molecule has 1 aromatic heterocycles. The predicted molar refractivity (Wildman–Crippen MR) is 50.2 cm³/mol. The highest BCUT2D eigenvalue weighted by molar-refractivity contribution is 5.26. The van der Waals surface area contributed by atoms with Crippen molar-refractivity contribution in [3.05, 3.63) is 17.0 Å².